The van der Waals surface area contributed by atoms with E-state index in [-0.39, 0.29) is 0 Å². The van der Waals surface area contributed by atoms with Crippen LogP contribution < -0.4 is 0 Å². The summed E-state index contributed by atoms with van der Waals surface area (Å²) < 4.78 is 2.45. The second-order valence-electron chi connectivity index (χ2n) is 9.48. The molecule has 0 N–H and O–H groups in total. The summed E-state index contributed by atoms with van der Waals surface area (Å²) in [7, 11) is 0. The molecule has 4 aromatic carbocycles. The molecule has 1 aliphatic heterocycles. The summed E-state index contributed by atoms with van der Waals surface area (Å²) in [6, 6.07) is 41.1. The van der Waals surface area contributed by atoms with Gasteiger partial charge >= 0.3 is 0 Å². The summed E-state index contributed by atoms with van der Waals surface area (Å²) in [5.74, 6) is 0. The van der Waals surface area contributed by atoms with Gasteiger partial charge < -0.3 is 4.57 Å². The average Bonchev–Trinajstić information content (AvgIpc) is 3.25. The summed E-state index contributed by atoms with van der Waals surface area (Å²) in [6.45, 7) is 0. The Kier molecular flexibility index (Phi) is 4.23. The molecule has 0 spiro atoms. The summed E-state index contributed by atoms with van der Waals surface area (Å²) in [5.41, 5.74) is 12.7. The lowest BCUT2D eigenvalue weighted by Gasteiger charge is -2.14. The van der Waals surface area contributed by atoms with Crippen molar-refractivity contribution in [3.8, 4) is 50.5 Å². The van der Waals surface area contributed by atoms with Gasteiger partial charge in [-0.1, -0.05) is 78.9 Å². The molecule has 3 aromatic heterocycles. The maximum absolute atomic E-state index is 4.73. The lowest BCUT2D eigenvalue weighted by atomic mass is 9.92. The van der Waals surface area contributed by atoms with E-state index in [0.29, 0.717) is 0 Å². The molecule has 7 aromatic rings. The molecule has 0 unspecified atom stereocenters. The Morgan fingerprint density at radius 1 is 0.486 bits per heavy atom. The highest BCUT2D eigenvalue weighted by atomic mass is 15.0. The van der Waals surface area contributed by atoms with Crippen molar-refractivity contribution >= 4 is 21.8 Å². The SMILES string of the molecule is c1ccc(-c2ccc(-c3ccc4c(c3)-c3ccccc3-c3cccc5c6ccccc6n-4c35)cn2)nc1. The predicted molar refractivity (Wildman–Crippen MR) is 152 cm³/mol. The van der Waals surface area contributed by atoms with Crippen molar-refractivity contribution in [2.24, 2.45) is 0 Å². The van der Waals surface area contributed by atoms with E-state index < -0.39 is 0 Å². The number of hydrogen-bond acceptors (Lipinski definition) is 2. The van der Waals surface area contributed by atoms with Crippen LogP contribution in [0, 0.1) is 0 Å². The monoisotopic (exact) mass is 471 g/mol. The fourth-order valence-electron chi connectivity index (χ4n) is 5.80. The van der Waals surface area contributed by atoms with Crippen LogP contribution in [0.15, 0.2) is 128 Å². The third-order valence-corrected chi connectivity index (χ3v) is 7.46. The maximum atomic E-state index is 4.73. The van der Waals surface area contributed by atoms with Crippen molar-refractivity contribution in [2.45, 2.75) is 0 Å². The highest BCUT2D eigenvalue weighted by Crippen LogP contribution is 2.47. The number of aromatic nitrogens is 3. The number of para-hydroxylation sites is 2. The zero-order chi connectivity index (χ0) is 24.3. The molecule has 1 aliphatic rings. The molecule has 37 heavy (non-hydrogen) atoms. The van der Waals surface area contributed by atoms with E-state index in [1.807, 2.05) is 24.4 Å². The van der Waals surface area contributed by atoms with Crippen molar-refractivity contribution in [2.75, 3.05) is 0 Å². The van der Waals surface area contributed by atoms with Crippen LogP contribution in [-0.4, -0.2) is 14.5 Å². The van der Waals surface area contributed by atoms with E-state index in [0.717, 1.165) is 22.5 Å². The first-order valence-electron chi connectivity index (χ1n) is 12.5. The zero-order valence-corrected chi connectivity index (χ0v) is 20.0. The highest BCUT2D eigenvalue weighted by molar-refractivity contribution is 6.16. The molecule has 0 saturated heterocycles. The first kappa shape index (κ1) is 20.2. The van der Waals surface area contributed by atoms with Gasteiger partial charge in [0.25, 0.3) is 0 Å². The van der Waals surface area contributed by atoms with Crippen LogP contribution in [0.1, 0.15) is 0 Å². The average molecular weight is 472 g/mol. The van der Waals surface area contributed by atoms with Gasteiger partial charge in [-0.3, -0.25) is 9.97 Å². The van der Waals surface area contributed by atoms with Gasteiger partial charge in [-0.2, -0.15) is 0 Å². The van der Waals surface area contributed by atoms with Gasteiger partial charge in [0, 0.05) is 39.9 Å². The Hall–Kier alpha value is -5.02. The predicted octanol–water partition coefficient (Wildman–Crippen LogP) is 8.56. The molecule has 0 aliphatic carbocycles. The minimum atomic E-state index is 0.876. The second-order valence-corrected chi connectivity index (χ2v) is 9.48. The Balaban J connectivity index is 1.38. The molecule has 0 amide bonds. The van der Waals surface area contributed by atoms with Crippen LogP contribution in [0.2, 0.25) is 0 Å². The lowest BCUT2D eigenvalue weighted by Crippen LogP contribution is -1.96. The maximum Gasteiger partial charge on any atom is 0.0886 e. The third-order valence-electron chi connectivity index (χ3n) is 7.46. The van der Waals surface area contributed by atoms with Gasteiger partial charge in [0.15, 0.2) is 0 Å². The fourth-order valence-corrected chi connectivity index (χ4v) is 5.80. The summed E-state index contributed by atoms with van der Waals surface area (Å²) in [6.07, 6.45) is 3.75. The Morgan fingerprint density at radius 2 is 1.22 bits per heavy atom. The number of fused-ring (bicyclic) bond motifs is 8. The molecule has 3 heteroatoms. The number of nitrogens with zero attached hydrogens (tertiary/aromatic N) is 3. The van der Waals surface area contributed by atoms with Crippen LogP contribution >= 0.6 is 0 Å². The molecule has 8 rings (SSSR count). The van der Waals surface area contributed by atoms with Crippen molar-refractivity contribution in [1.29, 1.82) is 0 Å². The van der Waals surface area contributed by atoms with E-state index in [4.69, 9.17) is 4.98 Å². The third kappa shape index (κ3) is 2.95. The number of rotatable bonds is 2. The van der Waals surface area contributed by atoms with E-state index in [1.165, 1.54) is 49.7 Å². The van der Waals surface area contributed by atoms with Crippen LogP contribution in [0.4, 0.5) is 0 Å². The van der Waals surface area contributed by atoms with Crippen LogP contribution in [0.5, 0.6) is 0 Å². The number of hydrogen-bond donors (Lipinski definition) is 0. The molecule has 4 heterocycles. The Labute approximate surface area is 214 Å². The Bertz CT molecular complexity index is 1970. The lowest BCUT2D eigenvalue weighted by molar-refractivity contribution is 1.19. The molecule has 3 nitrogen and oxygen atoms in total. The van der Waals surface area contributed by atoms with Gasteiger partial charge in [-0.05, 0) is 53.1 Å². The van der Waals surface area contributed by atoms with Gasteiger partial charge in [0.05, 0.1) is 28.1 Å². The smallest absolute Gasteiger partial charge is 0.0886 e. The van der Waals surface area contributed by atoms with Crippen molar-refractivity contribution in [3.05, 3.63) is 128 Å². The van der Waals surface area contributed by atoms with Crippen molar-refractivity contribution in [1.82, 2.24) is 14.5 Å². The molecular formula is C34H21N3. The minimum Gasteiger partial charge on any atom is -0.308 e. The molecule has 172 valence electrons. The molecular weight excluding hydrogens is 450 g/mol. The summed E-state index contributed by atoms with van der Waals surface area (Å²) >= 11 is 0. The fraction of sp³-hybridized carbons (Fsp3) is 0. The molecule has 0 atom stereocenters. The largest absolute Gasteiger partial charge is 0.308 e. The summed E-state index contributed by atoms with van der Waals surface area (Å²) in [4.78, 5) is 9.17. The van der Waals surface area contributed by atoms with Crippen molar-refractivity contribution < 1.29 is 0 Å². The molecule has 0 saturated carbocycles. The molecule has 0 fully saturated rings. The summed E-state index contributed by atoms with van der Waals surface area (Å²) in [5, 5.41) is 2.57. The van der Waals surface area contributed by atoms with Crippen LogP contribution in [-0.2, 0) is 0 Å². The topological polar surface area (TPSA) is 30.7 Å². The molecule has 0 bridgehead atoms. The van der Waals surface area contributed by atoms with Gasteiger partial charge in [0.2, 0.25) is 0 Å². The van der Waals surface area contributed by atoms with Crippen molar-refractivity contribution in [3.63, 3.8) is 0 Å². The first-order chi connectivity index (χ1) is 18.4. The minimum absolute atomic E-state index is 0.876. The van der Waals surface area contributed by atoms with E-state index in [2.05, 4.69) is 107 Å². The first-order valence-corrected chi connectivity index (χ1v) is 12.5. The number of benzene rings is 4. The van der Waals surface area contributed by atoms with E-state index >= 15 is 0 Å². The van der Waals surface area contributed by atoms with Crippen LogP contribution in [0.25, 0.3) is 72.3 Å². The van der Waals surface area contributed by atoms with Gasteiger partial charge in [0.1, 0.15) is 0 Å². The Morgan fingerprint density at radius 3 is 2.05 bits per heavy atom. The second kappa shape index (κ2) is 7.74. The van der Waals surface area contributed by atoms with E-state index in [9.17, 15) is 0 Å². The highest BCUT2D eigenvalue weighted by Gasteiger charge is 2.24. The number of pyridine rings is 2. The quantitative estimate of drug-likeness (QED) is 0.253. The standard InChI is InChI=1S/C34H21N3/c1-2-9-25-24(8-1)27-11-7-12-28-26-10-3-4-14-32(26)37(34(27)28)33-18-16-22(20-29(25)33)23-15-17-31(36-21-23)30-13-5-6-19-35-30/h1-21H. The van der Waals surface area contributed by atoms with E-state index in [1.54, 1.807) is 6.20 Å². The normalized spacial score (nSPS) is 11.8. The molecule has 0 radical (unpaired) electrons. The zero-order valence-electron chi connectivity index (χ0n) is 20.0. The van der Waals surface area contributed by atoms with Crippen LogP contribution in [0.3, 0.4) is 0 Å². The van der Waals surface area contributed by atoms with Gasteiger partial charge in [-0.15, -0.1) is 0 Å². The van der Waals surface area contributed by atoms with Gasteiger partial charge in [-0.25, -0.2) is 0 Å².